The van der Waals surface area contributed by atoms with E-state index in [-0.39, 0.29) is 11.7 Å². The van der Waals surface area contributed by atoms with Crippen LogP contribution in [0.3, 0.4) is 0 Å². The summed E-state index contributed by atoms with van der Waals surface area (Å²) in [6.45, 7) is 2.13. The van der Waals surface area contributed by atoms with Gasteiger partial charge in [0.05, 0.1) is 6.61 Å². The second-order valence-electron chi connectivity index (χ2n) is 5.25. The molecule has 0 amide bonds. The van der Waals surface area contributed by atoms with E-state index in [1.54, 1.807) is 25.1 Å². The van der Waals surface area contributed by atoms with Gasteiger partial charge in [-0.2, -0.15) is 0 Å². The molecular formula is C16H23NO3. The molecule has 0 saturated heterocycles. The molecule has 0 radical (unpaired) electrons. The van der Waals surface area contributed by atoms with Gasteiger partial charge in [-0.05, 0) is 25.8 Å². The van der Waals surface area contributed by atoms with Crippen molar-refractivity contribution in [3.05, 3.63) is 29.8 Å². The van der Waals surface area contributed by atoms with Gasteiger partial charge in [-0.15, -0.1) is 0 Å². The van der Waals surface area contributed by atoms with Gasteiger partial charge >= 0.3 is 5.97 Å². The van der Waals surface area contributed by atoms with E-state index in [0.717, 1.165) is 12.8 Å². The standard InChI is InChI=1S/C16H23NO3/c1-2-20-16(19)15(13-10-6-7-11-14(13)18)17-12-8-4-3-5-9-12/h6-7,10-12,15,17-18H,2-5,8-9H2,1H3. The molecule has 1 aromatic carbocycles. The van der Waals surface area contributed by atoms with E-state index in [1.165, 1.54) is 19.3 Å². The predicted molar refractivity (Wildman–Crippen MR) is 77.5 cm³/mol. The van der Waals surface area contributed by atoms with Crippen molar-refractivity contribution in [2.75, 3.05) is 6.61 Å². The molecule has 1 aliphatic carbocycles. The highest BCUT2D eigenvalue weighted by Gasteiger charge is 2.27. The fourth-order valence-corrected chi connectivity index (χ4v) is 2.75. The highest BCUT2D eigenvalue weighted by Crippen LogP contribution is 2.27. The molecule has 0 aromatic heterocycles. The van der Waals surface area contributed by atoms with E-state index < -0.39 is 6.04 Å². The number of hydrogen-bond acceptors (Lipinski definition) is 4. The van der Waals surface area contributed by atoms with Crippen molar-refractivity contribution in [3.63, 3.8) is 0 Å². The molecule has 4 heteroatoms. The fourth-order valence-electron chi connectivity index (χ4n) is 2.75. The number of rotatable bonds is 5. The Labute approximate surface area is 120 Å². The SMILES string of the molecule is CCOC(=O)C(NC1CCCCC1)c1ccccc1O. The van der Waals surface area contributed by atoms with E-state index >= 15 is 0 Å². The summed E-state index contributed by atoms with van der Waals surface area (Å²) in [5, 5.41) is 13.3. The third kappa shape index (κ3) is 3.73. The summed E-state index contributed by atoms with van der Waals surface area (Å²) in [5.74, 6) is -0.187. The van der Waals surface area contributed by atoms with Gasteiger partial charge in [0.1, 0.15) is 11.8 Å². The zero-order valence-electron chi connectivity index (χ0n) is 12.0. The zero-order chi connectivity index (χ0) is 14.4. The number of hydrogen-bond donors (Lipinski definition) is 2. The van der Waals surface area contributed by atoms with Gasteiger partial charge in [0, 0.05) is 11.6 Å². The van der Waals surface area contributed by atoms with Crippen LogP contribution in [0.15, 0.2) is 24.3 Å². The molecule has 20 heavy (non-hydrogen) atoms. The van der Waals surface area contributed by atoms with Crippen LogP contribution in [-0.4, -0.2) is 23.7 Å². The van der Waals surface area contributed by atoms with E-state index in [2.05, 4.69) is 5.32 Å². The molecule has 1 saturated carbocycles. The first-order valence-corrected chi connectivity index (χ1v) is 7.43. The number of ether oxygens (including phenoxy) is 1. The van der Waals surface area contributed by atoms with Crippen molar-refractivity contribution in [2.24, 2.45) is 0 Å². The first-order chi connectivity index (χ1) is 9.72. The molecule has 2 N–H and O–H groups in total. The number of benzene rings is 1. The van der Waals surface area contributed by atoms with E-state index in [0.29, 0.717) is 18.2 Å². The molecule has 1 atom stereocenters. The van der Waals surface area contributed by atoms with Crippen LogP contribution in [0.1, 0.15) is 50.6 Å². The van der Waals surface area contributed by atoms with E-state index in [4.69, 9.17) is 4.74 Å². The number of aromatic hydroxyl groups is 1. The third-order valence-corrected chi connectivity index (χ3v) is 3.78. The Morgan fingerprint density at radius 1 is 1.35 bits per heavy atom. The molecule has 0 spiro atoms. The van der Waals surface area contributed by atoms with Crippen LogP contribution in [0.4, 0.5) is 0 Å². The van der Waals surface area contributed by atoms with Gasteiger partial charge in [0.15, 0.2) is 0 Å². The lowest BCUT2D eigenvalue weighted by Crippen LogP contribution is -2.39. The van der Waals surface area contributed by atoms with Crippen molar-refractivity contribution >= 4 is 5.97 Å². The van der Waals surface area contributed by atoms with Crippen LogP contribution < -0.4 is 5.32 Å². The highest BCUT2D eigenvalue weighted by atomic mass is 16.5. The van der Waals surface area contributed by atoms with Gasteiger partial charge in [-0.3, -0.25) is 5.32 Å². The Bertz CT molecular complexity index is 441. The van der Waals surface area contributed by atoms with Gasteiger partial charge in [-0.25, -0.2) is 4.79 Å². The smallest absolute Gasteiger partial charge is 0.327 e. The largest absolute Gasteiger partial charge is 0.508 e. The molecule has 2 rings (SSSR count). The average molecular weight is 277 g/mol. The highest BCUT2D eigenvalue weighted by molar-refractivity contribution is 5.78. The first-order valence-electron chi connectivity index (χ1n) is 7.43. The Morgan fingerprint density at radius 3 is 2.70 bits per heavy atom. The molecule has 1 fully saturated rings. The van der Waals surface area contributed by atoms with Gasteiger partial charge in [0.2, 0.25) is 0 Å². The predicted octanol–water partition coefficient (Wildman–Crippen LogP) is 2.92. The summed E-state index contributed by atoms with van der Waals surface area (Å²) in [6, 6.07) is 6.68. The lowest BCUT2D eigenvalue weighted by molar-refractivity contribution is -0.146. The molecular weight excluding hydrogens is 254 g/mol. The minimum absolute atomic E-state index is 0.133. The van der Waals surface area contributed by atoms with Gasteiger partial charge in [0.25, 0.3) is 0 Å². The number of carbonyl (C=O) groups excluding carboxylic acids is 1. The number of para-hydroxylation sites is 1. The normalized spacial score (nSPS) is 17.6. The molecule has 1 aliphatic rings. The summed E-state index contributed by atoms with van der Waals surface area (Å²) in [4.78, 5) is 12.2. The molecule has 0 bridgehead atoms. The van der Waals surface area contributed by atoms with Crippen LogP contribution in [0.2, 0.25) is 0 Å². The Morgan fingerprint density at radius 2 is 2.05 bits per heavy atom. The van der Waals surface area contributed by atoms with Gasteiger partial charge < -0.3 is 9.84 Å². The molecule has 0 aliphatic heterocycles. The fraction of sp³-hybridized carbons (Fsp3) is 0.562. The maximum atomic E-state index is 12.2. The Hall–Kier alpha value is -1.55. The van der Waals surface area contributed by atoms with Crippen molar-refractivity contribution < 1.29 is 14.6 Å². The molecule has 1 aromatic rings. The summed E-state index contributed by atoms with van der Waals surface area (Å²) in [6.07, 6.45) is 5.79. The van der Waals surface area contributed by atoms with Crippen molar-refractivity contribution in [1.82, 2.24) is 5.32 Å². The van der Waals surface area contributed by atoms with Crippen LogP contribution >= 0.6 is 0 Å². The summed E-state index contributed by atoms with van der Waals surface area (Å²) in [7, 11) is 0. The maximum Gasteiger partial charge on any atom is 0.327 e. The number of phenols is 1. The van der Waals surface area contributed by atoms with E-state index in [1.807, 2.05) is 6.07 Å². The van der Waals surface area contributed by atoms with E-state index in [9.17, 15) is 9.90 Å². The second-order valence-corrected chi connectivity index (χ2v) is 5.25. The topological polar surface area (TPSA) is 58.6 Å². The molecule has 4 nitrogen and oxygen atoms in total. The van der Waals surface area contributed by atoms with Crippen LogP contribution in [0.5, 0.6) is 5.75 Å². The monoisotopic (exact) mass is 277 g/mol. The molecule has 0 heterocycles. The molecule has 110 valence electrons. The summed E-state index contributed by atoms with van der Waals surface area (Å²) < 4.78 is 5.14. The minimum Gasteiger partial charge on any atom is -0.508 e. The lowest BCUT2D eigenvalue weighted by Gasteiger charge is -2.28. The average Bonchev–Trinajstić information content (AvgIpc) is 2.47. The Kier molecular flexibility index (Phi) is 5.41. The quantitative estimate of drug-likeness (QED) is 0.812. The van der Waals surface area contributed by atoms with Gasteiger partial charge in [-0.1, -0.05) is 37.5 Å². The lowest BCUT2D eigenvalue weighted by atomic mass is 9.94. The number of nitrogens with one attached hydrogen (secondary N) is 1. The number of carbonyl (C=O) groups is 1. The number of phenolic OH excluding ortho intramolecular Hbond substituents is 1. The third-order valence-electron chi connectivity index (χ3n) is 3.78. The zero-order valence-corrected chi connectivity index (χ0v) is 12.0. The van der Waals surface area contributed by atoms with Crippen LogP contribution in [0.25, 0.3) is 0 Å². The molecule has 1 unspecified atom stereocenters. The summed E-state index contributed by atoms with van der Waals surface area (Å²) >= 11 is 0. The maximum absolute atomic E-state index is 12.2. The van der Waals surface area contributed by atoms with Crippen LogP contribution in [-0.2, 0) is 9.53 Å². The van der Waals surface area contributed by atoms with Crippen molar-refractivity contribution in [1.29, 1.82) is 0 Å². The number of esters is 1. The minimum atomic E-state index is -0.584. The second kappa shape index (κ2) is 7.29. The first kappa shape index (κ1) is 14.9. The van der Waals surface area contributed by atoms with Crippen molar-refractivity contribution in [2.45, 2.75) is 51.1 Å². The van der Waals surface area contributed by atoms with Crippen LogP contribution in [0, 0.1) is 0 Å². The van der Waals surface area contributed by atoms with Crippen molar-refractivity contribution in [3.8, 4) is 5.75 Å². The summed E-state index contributed by atoms with van der Waals surface area (Å²) in [5.41, 5.74) is 0.594. The Balaban J connectivity index is 2.15.